The lowest BCUT2D eigenvalue weighted by Crippen LogP contribution is -2.25. The first-order valence-electron chi connectivity index (χ1n) is 6.33. The molecular weight excluding hydrogens is 296 g/mol. The molecule has 3 N–H and O–H groups in total. The number of sulfonamides is 1. The lowest BCUT2D eigenvalue weighted by atomic mass is 10.3. The summed E-state index contributed by atoms with van der Waals surface area (Å²) in [6.07, 6.45) is 4.75. The minimum absolute atomic E-state index is 0.333. The number of thiophene rings is 1. The van der Waals surface area contributed by atoms with Gasteiger partial charge in [0, 0.05) is 30.2 Å². The van der Waals surface area contributed by atoms with Crippen molar-refractivity contribution in [3.8, 4) is 0 Å². The molecule has 0 atom stereocenters. The molecule has 0 unspecified atom stereocenters. The Morgan fingerprint density at radius 2 is 2.15 bits per heavy atom. The Labute approximate surface area is 122 Å². The van der Waals surface area contributed by atoms with Crippen molar-refractivity contribution in [2.75, 3.05) is 20.1 Å². The number of likely N-dealkylation sites (N-methyl/N-ethyl adjacent to an activating group) is 1. The first-order chi connectivity index (χ1) is 9.62. The minimum atomic E-state index is -3.41. The molecule has 2 heterocycles. The van der Waals surface area contributed by atoms with Crippen molar-refractivity contribution in [3.05, 3.63) is 35.2 Å². The van der Waals surface area contributed by atoms with Crippen molar-refractivity contribution in [1.82, 2.24) is 20.0 Å². The van der Waals surface area contributed by atoms with Crippen LogP contribution in [0.1, 0.15) is 10.7 Å². The number of imidazole rings is 1. The molecule has 20 heavy (non-hydrogen) atoms. The molecule has 0 aliphatic carbocycles. The number of nitrogens with one attached hydrogen (secondary N) is 3. The number of hydrogen-bond acceptors (Lipinski definition) is 5. The van der Waals surface area contributed by atoms with Gasteiger partial charge in [0.05, 0.1) is 0 Å². The maximum Gasteiger partial charge on any atom is 0.250 e. The van der Waals surface area contributed by atoms with Gasteiger partial charge in [0.25, 0.3) is 0 Å². The summed E-state index contributed by atoms with van der Waals surface area (Å²) in [6, 6.07) is 3.52. The van der Waals surface area contributed by atoms with Crippen molar-refractivity contribution in [3.63, 3.8) is 0 Å². The summed E-state index contributed by atoms with van der Waals surface area (Å²) in [5, 5.41) is 3.05. The Morgan fingerprint density at radius 3 is 2.85 bits per heavy atom. The number of aromatic nitrogens is 2. The average Bonchev–Trinajstić information content (AvgIpc) is 3.07. The average molecular weight is 314 g/mol. The van der Waals surface area contributed by atoms with E-state index in [1.54, 1.807) is 18.5 Å². The Hall–Kier alpha value is -1.22. The molecule has 2 aromatic rings. The maximum atomic E-state index is 12.1. The minimum Gasteiger partial charge on any atom is -0.349 e. The number of rotatable bonds is 8. The fourth-order valence-corrected chi connectivity index (χ4v) is 4.13. The van der Waals surface area contributed by atoms with Crippen molar-refractivity contribution in [2.45, 2.75) is 17.1 Å². The van der Waals surface area contributed by atoms with Crippen molar-refractivity contribution in [2.24, 2.45) is 0 Å². The van der Waals surface area contributed by atoms with Gasteiger partial charge in [-0.15, -0.1) is 11.3 Å². The summed E-state index contributed by atoms with van der Waals surface area (Å²) >= 11 is 1.31. The fraction of sp³-hybridized carbons (Fsp3) is 0.417. The van der Waals surface area contributed by atoms with E-state index < -0.39 is 10.0 Å². The standard InChI is InChI=1S/C12H18N4O2S2/c1-13-6-4-10-2-3-12(19-10)20(17,18)16-7-5-11-14-8-9-15-11/h2-3,8-9,13,16H,4-7H2,1H3,(H,14,15). The predicted octanol–water partition coefficient (Wildman–Crippen LogP) is 0.754. The fourth-order valence-electron chi connectivity index (χ4n) is 1.69. The number of H-pyrrole nitrogens is 1. The summed E-state index contributed by atoms with van der Waals surface area (Å²) in [5.41, 5.74) is 0. The van der Waals surface area contributed by atoms with Gasteiger partial charge in [-0.2, -0.15) is 0 Å². The van der Waals surface area contributed by atoms with E-state index >= 15 is 0 Å². The van der Waals surface area contributed by atoms with Crippen LogP contribution >= 0.6 is 11.3 Å². The second-order valence-corrected chi connectivity index (χ2v) is 7.42. The number of hydrogen-bond donors (Lipinski definition) is 3. The summed E-state index contributed by atoms with van der Waals surface area (Å²) in [6.45, 7) is 1.17. The van der Waals surface area contributed by atoms with Gasteiger partial charge in [0.15, 0.2) is 0 Å². The lowest BCUT2D eigenvalue weighted by Gasteiger charge is -2.03. The Morgan fingerprint density at radius 1 is 1.30 bits per heavy atom. The Kier molecular flexibility index (Phi) is 5.30. The second-order valence-electron chi connectivity index (χ2n) is 4.26. The van der Waals surface area contributed by atoms with Crippen LogP contribution in [0.3, 0.4) is 0 Å². The third kappa shape index (κ3) is 4.14. The third-order valence-electron chi connectivity index (χ3n) is 2.73. The molecule has 0 bridgehead atoms. The van der Waals surface area contributed by atoms with Crippen molar-refractivity contribution < 1.29 is 8.42 Å². The van der Waals surface area contributed by atoms with Crippen LogP contribution in [-0.4, -0.2) is 38.5 Å². The molecule has 0 saturated heterocycles. The number of aromatic amines is 1. The van der Waals surface area contributed by atoms with Crippen LogP contribution in [0.5, 0.6) is 0 Å². The van der Waals surface area contributed by atoms with Crippen LogP contribution in [0, 0.1) is 0 Å². The first kappa shape index (κ1) is 15.2. The highest BCUT2D eigenvalue weighted by Crippen LogP contribution is 2.21. The lowest BCUT2D eigenvalue weighted by molar-refractivity contribution is 0.583. The molecule has 110 valence electrons. The van der Waals surface area contributed by atoms with Crippen LogP contribution in [-0.2, 0) is 22.9 Å². The summed E-state index contributed by atoms with van der Waals surface area (Å²) < 4.78 is 27.2. The van der Waals surface area contributed by atoms with E-state index in [4.69, 9.17) is 0 Å². The molecule has 0 aliphatic rings. The molecule has 8 heteroatoms. The Balaban J connectivity index is 1.90. The van der Waals surface area contributed by atoms with Crippen molar-refractivity contribution >= 4 is 21.4 Å². The molecule has 0 radical (unpaired) electrons. The first-order valence-corrected chi connectivity index (χ1v) is 8.63. The molecule has 2 aromatic heterocycles. The SMILES string of the molecule is CNCCc1ccc(S(=O)(=O)NCCc2ncc[nH]2)s1. The molecule has 0 fully saturated rings. The summed E-state index contributed by atoms with van der Waals surface area (Å²) in [7, 11) is -1.53. The monoisotopic (exact) mass is 314 g/mol. The highest BCUT2D eigenvalue weighted by molar-refractivity contribution is 7.91. The van der Waals surface area contributed by atoms with Crippen LogP contribution < -0.4 is 10.0 Å². The van der Waals surface area contributed by atoms with Gasteiger partial charge in [0.1, 0.15) is 10.0 Å². The highest BCUT2D eigenvalue weighted by Gasteiger charge is 2.16. The van der Waals surface area contributed by atoms with E-state index in [-0.39, 0.29) is 0 Å². The van der Waals surface area contributed by atoms with E-state index in [1.165, 1.54) is 11.3 Å². The van der Waals surface area contributed by atoms with Crippen LogP contribution in [0.15, 0.2) is 28.7 Å². The smallest absolute Gasteiger partial charge is 0.250 e. The van der Waals surface area contributed by atoms with E-state index in [2.05, 4.69) is 20.0 Å². The zero-order valence-electron chi connectivity index (χ0n) is 11.2. The Bertz CT molecular complexity index is 620. The second kappa shape index (κ2) is 6.98. The van der Waals surface area contributed by atoms with Gasteiger partial charge >= 0.3 is 0 Å². The summed E-state index contributed by atoms with van der Waals surface area (Å²) in [5.74, 6) is 0.772. The zero-order chi connectivity index (χ0) is 14.4. The molecule has 0 aliphatic heterocycles. The van der Waals surface area contributed by atoms with Crippen LogP contribution in [0.25, 0.3) is 0 Å². The molecular formula is C12H18N4O2S2. The molecule has 2 rings (SSSR count). The van der Waals surface area contributed by atoms with E-state index in [0.29, 0.717) is 17.2 Å². The van der Waals surface area contributed by atoms with Gasteiger partial charge in [-0.1, -0.05) is 0 Å². The number of nitrogens with zero attached hydrogens (tertiary/aromatic N) is 1. The zero-order valence-corrected chi connectivity index (χ0v) is 12.9. The van der Waals surface area contributed by atoms with Crippen LogP contribution in [0.2, 0.25) is 0 Å². The van der Waals surface area contributed by atoms with E-state index in [0.717, 1.165) is 23.7 Å². The third-order valence-corrected chi connectivity index (χ3v) is 5.83. The molecule has 0 saturated carbocycles. The van der Waals surface area contributed by atoms with Gasteiger partial charge < -0.3 is 10.3 Å². The van der Waals surface area contributed by atoms with Crippen LogP contribution in [0.4, 0.5) is 0 Å². The van der Waals surface area contributed by atoms with E-state index in [1.807, 2.05) is 13.1 Å². The highest BCUT2D eigenvalue weighted by atomic mass is 32.2. The molecule has 0 spiro atoms. The normalized spacial score (nSPS) is 11.8. The molecule has 6 nitrogen and oxygen atoms in total. The predicted molar refractivity (Wildman–Crippen MR) is 79.4 cm³/mol. The molecule has 0 aromatic carbocycles. The van der Waals surface area contributed by atoms with Crippen molar-refractivity contribution in [1.29, 1.82) is 0 Å². The summed E-state index contributed by atoms with van der Waals surface area (Å²) in [4.78, 5) is 8.05. The van der Waals surface area contributed by atoms with E-state index in [9.17, 15) is 8.42 Å². The van der Waals surface area contributed by atoms with Gasteiger partial charge in [-0.05, 0) is 32.1 Å². The largest absolute Gasteiger partial charge is 0.349 e. The molecule has 0 amide bonds. The van der Waals surface area contributed by atoms with Gasteiger partial charge in [-0.25, -0.2) is 18.1 Å². The maximum absolute atomic E-state index is 12.1. The van der Waals surface area contributed by atoms with Gasteiger partial charge in [-0.3, -0.25) is 0 Å². The van der Waals surface area contributed by atoms with Gasteiger partial charge in [0.2, 0.25) is 10.0 Å². The topological polar surface area (TPSA) is 86.9 Å². The quantitative estimate of drug-likeness (QED) is 0.671.